The van der Waals surface area contributed by atoms with E-state index in [1.807, 2.05) is 127 Å². The van der Waals surface area contributed by atoms with Gasteiger partial charge in [-0.25, -0.2) is 0 Å². The first kappa shape index (κ1) is 73.9. The standard InChI is InChI=1S/C26H17NO2.C26H17N.C18H15P.C10H9BO2.C6H3Br2NO2.C6H4Cl2/c28-27(29)26-17-20(23-13-5-9-18-7-1-3-11-21(18)23)15-16-25(26)24-14-6-10-19-8-2-4-12-22(19)24;1-3-9-20-17(6-1)8-5-11-21(20)19-12-14-23-25(16-19)27-24-15-13-18-7-2-4-10-22(18)26(23)24;1-4-10-16(11-5-1)19(17-12-6-2-7-13-17)18-14-8-3-9-15-18;12-11(13)10-7-3-5-8-4-1-2-6-9(8)10;7-4-1-2-5(8)6(3-4)9(10)11;7-5-3-1-2-4-6(5)8/h1-17H;1-16,27H;1-15H;1-7,12-13H;1-3H;1-4H. The van der Waals surface area contributed by atoms with Gasteiger partial charge in [-0.05, 0) is 169 Å². The van der Waals surface area contributed by atoms with Crippen LogP contribution in [0, 0.1) is 20.2 Å². The fourth-order valence-electron chi connectivity index (χ4n) is 13.1. The highest BCUT2D eigenvalue weighted by atomic mass is 79.9. The van der Waals surface area contributed by atoms with E-state index in [1.165, 1.54) is 76.5 Å². The number of H-pyrrole nitrogens is 1. The molecule has 18 rings (SSSR count). The molecule has 17 aromatic carbocycles. The fourth-order valence-corrected chi connectivity index (χ4v) is 16.4. The number of hydrogen-bond donors (Lipinski definition) is 3. The highest BCUT2D eigenvalue weighted by Gasteiger charge is 2.21. The molecule has 0 fully saturated rings. The summed E-state index contributed by atoms with van der Waals surface area (Å²) in [5, 5.41) is 59.8. The lowest BCUT2D eigenvalue weighted by Crippen LogP contribution is -2.30. The number of aromatic amines is 1. The Hall–Kier alpha value is -11.4. The second-order valence-electron chi connectivity index (χ2n) is 24.7. The maximum Gasteiger partial charge on any atom is 0.489 e. The summed E-state index contributed by atoms with van der Waals surface area (Å²) in [7, 11) is -1.84. The van der Waals surface area contributed by atoms with Gasteiger partial charge in [0.05, 0.1) is 29.9 Å². The molecule has 0 spiro atoms. The molecule has 520 valence electrons. The van der Waals surface area contributed by atoms with E-state index in [2.05, 4.69) is 243 Å². The predicted octanol–water partition coefficient (Wildman–Crippen LogP) is 24.6. The molecular formula is C92H65BBr2Cl2N3O6P. The largest absolute Gasteiger partial charge is 0.489 e. The second kappa shape index (κ2) is 35.1. The number of nitro groups is 2. The third kappa shape index (κ3) is 17.6. The Labute approximate surface area is 647 Å². The van der Waals surface area contributed by atoms with E-state index in [-0.39, 0.29) is 16.3 Å². The van der Waals surface area contributed by atoms with E-state index in [1.54, 1.807) is 36.4 Å². The summed E-state index contributed by atoms with van der Waals surface area (Å²) in [6, 6.07) is 126. The van der Waals surface area contributed by atoms with Gasteiger partial charge in [0.25, 0.3) is 11.4 Å². The normalized spacial score (nSPS) is 10.8. The first-order valence-corrected chi connectivity index (χ1v) is 37.9. The van der Waals surface area contributed by atoms with Crippen molar-refractivity contribution in [2.75, 3.05) is 0 Å². The lowest BCUT2D eigenvalue weighted by atomic mass is 9.77. The molecule has 0 aliphatic heterocycles. The molecule has 107 heavy (non-hydrogen) atoms. The van der Waals surface area contributed by atoms with Crippen LogP contribution in [0.5, 0.6) is 0 Å². The fraction of sp³-hybridized carbons (Fsp3) is 0. The van der Waals surface area contributed by atoms with E-state index in [9.17, 15) is 20.2 Å². The van der Waals surface area contributed by atoms with Crippen LogP contribution in [-0.2, 0) is 0 Å². The second-order valence-corrected chi connectivity index (χ2v) is 29.5. The number of benzene rings is 17. The number of aromatic nitrogens is 1. The van der Waals surface area contributed by atoms with Gasteiger partial charge in [-0.1, -0.05) is 361 Å². The zero-order valence-corrected chi connectivity index (χ0v) is 62.8. The first-order chi connectivity index (χ1) is 52.3. The average molecular weight is 1580 g/mol. The molecule has 1 aromatic heterocycles. The molecule has 0 amide bonds. The molecule has 0 unspecified atom stereocenters. The molecule has 0 bridgehead atoms. The maximum atomic E-state index is 12.0. The molecule has 1 heterocycles. The molecule has 9 nitrogen and oxygen atoms in total. The number of hydrogen-bond acceptors (Lipinski definition) is 6. The summed E-state index contributed by atoms with van der Waals surface area (Å²) < 4.78 is 1.19. The summed E-state index contributed by atoms with van der Waals surface area (Å²) in [5.74, 6) is 0. The topological polar surface area (TPSA) is 143 Å². The summed E-state index contributed by atoms with van der Waals surface area (Å²) in [4.78, 5) is 25.2. The SMILES string of the molecule is Clc1ccccc1Cl.O=[N+]([O-])c1cc(-c2cccc3ccccc23)ccc1-c1cccc2ccccc12.O=[N+]([O-])c1cc(Br)ccc1Br.OB(O)c1cccc2ccccc12.c1ccc(P(c2ccccc2)c2ccccc2)cc1.c1ccc2c(-c3ccc4c(c3)[nH]c3ccc5ccccc5c34)cccc2c1. The lowest BCUT2D eigenvalue weighted by Gasteiger charge is -2.18. The zero-order chi connectivity index (χ0) is 74.2. The first-order valence-electron chi connectivity index (χ1n) is 34.2. The average Bonchev–Trinajstić information content (AvgIpc) is 1.63. The number of nitrogens with one attached hydrogen (secondary N) is 1. The summed E-state index contributed by atoms with van der Waals surface area (Å²) in [6.07, 6.45) is 0. The van der Waals surface area contributed by atoms with Crippen molar-refractivity contribution in [2.24, 2.45) is 0 Å². The Balaban J connectivity index is 0.000000120. The Morgan fingerprint density at radius 1 is 0.327 bits per heavy atom. The van der Waals surface area contributed by atoms with Gasteiger partial charge >= 0.3 is 7.12 Å². The molecule has 18 aromatic rings. The molecule has 15 heteroatoms. The van der Waals surface area contributed by atoms with Gasteiger partial charge in [-0.15, -0.1) is 0 Å². The van der Waals surface area contributed by atoms with E-state index in [0.29, 0.717) is 30.0 Å². The van der Waals surface area contributed by atoms with Gasteiger partial charge in [0, 0.05) is 38.4 Å². The number of fused-ring (bicyclic) bond motifs is 9. The molecular weight excluding hydrogens is 1520 g/mol. The van der Waals surface area contributed by atoms with E-state index < -0.39 is 20.0 Å². The van der Waals surface area contributed by atoms with Gasteiger partial charge in [-0.2, -0.15) is 0 Å². The van der Waals surface area contributed by atoms with Crippen molar-refractivity contribution in [3.05, 3.63) is 415 Å². The van der Waals surface area contributed by atoms with Crippen molar-refractivity contribution < 1.29 is 19.9 Å². The third-order valence-corrected chi connectivity index (χ3v) is 22.4. The van der Waals surface area contributed by atoms with Crippen LogP contribution in [0.25, 0.3) is 109 Å². The summed E-state index contributed by atoms with van der Waals surface area (Å²) in [5.41, 5.74) is 8.99. The third-order valence-electron chi connectivity index (χ3n) is 18.0. The van der Waals surface area contributed by atoms with Gasteiger partial charge < -0.3 is 15.0 Å². The van der Waals surface area contributed by atoms with Crippen molar-refractivity contribution >= 4 is 179 Å². The summed E-state index contributed by atoms with van der Waals surface area (Å²) >= 11 is 17.4. The number of nitro benzene ring substituents is 2. The van der Waals surface area contributed by atoms with Crippen molar-refractivity contribution in [1.29, 1.82) is 0 Å². The van der Waals surface area contributed by atoms with Crippen LogP contribution >= 0.6 is 63.0 Å². The van der Waals surface area contributed by atoms with Crippen molar-refractivity contribution in [1.82, 2.24) is 4.98 Å². The van der Waals surface area contributed by atoms with E-state index in [4.69, 9.17) is 33.2 Å². The van der Waals surface area contributed by atoms with Crippen molar-refractivity contribution in [3.63, 3.8) is 0 Å². The van der Waals surface area contributed by atoms with Crippen LogP contribution < -0.4 is 21.4 Å². The molecule has 0 radical (unpaired) electrons. The molecule has 0 aliphatic carbocycles. The molecule has 3 N–H and O–H groups in total. The van der Waals surface area contributed by atoms with Crippen LogP contribution in [-0.4, -0.2) is 32.0 Å². The highest BCUT2D eigenvalue weighted by Crippen LogP contribution is 2.41. The smallest absolute Gasteiger partial charge is 0.423 e. The minimum atomic E-state index is -1.40. The highest BCUT2D eigenvalue weighted by molar-refractivity contribution is 9.11. The van der Waals surface area contributed by atoms with Crippen LogP contribution in [0.1, 0.15) is 0 Å². The Kier molecular flexibility index (Phi) is 24.3. The van der Waals surface area contributed by atoms with E-state index in [0.717, 1.165) is 49.0 Å². The van der Waals surface area contributed by atoms with Crippen LogP contribution in [0.4, 0.5) is 11.4 Å². The number of nitrogens with zero attached hydrogens (tertiary/aromatic N) is 2. The molecule has 0 saturated carbocycles. The molecule has 0 atom stereocenters. The number of rotatable bonds is 9. The van der Waals surface area contributed by atoms with Gasteiger partial charge in [0.2, 0.25) is 0 Å². The van der Waals surface area contributed by atoms with Crippen molar-refractivity contribution in [2.45, 2.75) is 0 Å². The van der Waals surface area contributed by atoms with Crippen LogP contribution in [0.2, 0.25) is 10.0 Å². The van der Waals surface area contributed by atoms with Gasteiger partial charge in [-0.3, -0.25) is 20.2 Å². The maximum absolute atomic E-state index is 12.0. The monoisotopic (exact) mass is 1580 g/mol. The predicted molar refractivity (Wildman–Crippen MR) is 459 cm³/mol. The lowest BCUT2D eigenvalue weighted by molar-refractivity contribution is -0.385. The Bertz CT molecular complexity index is 6040. The quantitative estimate of drug-likeness (QED) is 0.0569. The van der Waals surface area contributed by atoms with Crippen LogP contribution in [0.15, 0.2) is 385 Å². The summed E-state index contributed by atoms with van der Waals surface area (Å²) in [6.45, 7) is 0. The van der Waals surface area contributed by atoms with E-state index >= 15 is 0 Å². The zero-order valence-electron chi connectivity index (χ0n) is 57.3. The van der Waals surface area contributed by atoms with Crippen LogP contribution in [0.3, 0.4) is 0 Å². The Morgan fingerprint density at radius 3 is 1.20 bits per heavy atom. The molecule has 0 aliphatic rings. The minimum Gasteiger partial charge on any atom is -0.423 e. The Morgan fingerprint density at radius 2 is 0.720 bits per heavy atom. The molecule has 0 saturated heterocycles. The minimum absolute atomic E-state index is 0.0689. The number of halogens is 4. The van der Waals surface area contributed by atoms with Gasteiger partial charge in [0.15, 0.2) is 0 Å². The van der Waals surface area contributed by atoms with Crippen molar-refractivity contribution in [3.8, 4) is 33.4 Å². The van der Waals surface area contributed by atoms with Gasteiger partial charge in [0.1, 0.15) is 0 Å².